The zero-order valence-electron chi connectivity index (χ0n) is 12.8. The van der Waals surface area contributed by atoms with Gasteiger partial charge in [-0.05, 0) is 42.2 Å². The van der Waals surface area contributed by atoms with E-state index in [2.05, 4.69) is 38.1 Å². The van der Waals surface area contributed by atoms with E-state index < -0.39 is 0 Å². The van der Waals surface area contributed by atoms with Gasteiger partial charge in [0.15, 0.2) is 0 Å². The summed E-state index contributed by atoms with van der Waals surface area (Å²) in [5, 5.41) is 0. The second-order valence-corrected chi connectivity index (χ2v) is 6.43. The maximum Gasteiger partial charge on any atom is -0.0188 e. The quantitative estimate of drug-likeness (QED) is 0.578. The lowest BCUT2D eigenvalue weighted by Crippen LogP contribution is -2.08. The molecule has 0 amide bonds. The van der Waals surface area contributed by atoms with E-state index >= 15 is 0 Å². The van der Waals surface area contributed by atoms with Crippen molar-refractivity contribution in [3.63, 3.8) is 0 Å². The summed E-state index contributed by atoms with van der Waals surface area (Å²) in [6, 6.07) is 9.10. The Morgan fingerprint density at radius 3 is 2.58 bits per heavy atom. The molecule has 1 aliphatic carbocycles. The fourth-order valence-electron chi connectivity index (χ4n) is 3.63. The van der Waals surface area contributed by atoms with Crippen LogP contribution in [0.2, 0.25) is 0 Å². The molecule has 0 heteroatoms. The van der Waals surface area contributed by atoms with Crippen LogP contribution in [0.4, 0.5) is 0 Å². The molecule has 1 atom stereocenters. The first-order valence-corrected chi connectivity index (χ1v) is 8.39. The second kappa shape index (κ2) is 7.72. The van der Waals surface area contributed by atoms with Crippen molar-refractivity contribution in [2.45, 2.75) is 77.6 Å². The summed E-state index contributed by atoms with van der Waals surface area (Å²) in [7, 11) is 0. The highest BCUT2D eigenvalue weighted by molar-refractivity contribution is 5.30. The molecule has 0 aromatic heterocycles. The van der Waals surface area contributed by atoms with Crippen LogP contribution in [0.1, 0.15) is 82.3 Å². The van der Waals surface area contributed by atoms with Gasteiger partial charge in [-0.1, -0.05) is 76.6 Å². The molecular weight excluding hydrogens is 228 g/mol. The van der Waals surface area contributed by atoms with Crippen LogP contribution in [0.5, 0.6) is 0 Å². The Morgan fingerprint density at radius 2 is 1.84 bits per heavy atom. The normalized spacial score (nSPS) is 18.4. The molecule has 0 nitrogen and oxygen atoms in total. The lowest BCUT2D eigenvalue weighted by Gasteiger charge is -2.24. The fraction of sp³-hybridized carbons (Fsp3) is 0.684. The predicted octanol–water partition coefficient (Wildman–Crippen LogP) is 6.10. The first kappa shape index (κ1) is 14.6. The lowest BCUT2D eigenvalue weighted by atomic mass is 9.82. The van der Waals surface area contributed by atoms with Gasteiger partial charge in [-0.25, -0.2) is 0 Å². The van der Waals surface area contributed by atoms with Crippen LogP contribution in [-0.4, -0.2) is 0 Å². The van der Waals surface area contributed by atoms with Gasteiger partial charge in [0.25, 0.3) is 0 Å². The number of aryl methyl sites for hydroxylation is 1. The molecule has 1 aliphatic rings. The summed E-state index contributed by atoms with van der Waals surface area (Å²) >= 11 is 0. The molecule has 1 fully saturated rings. The average Bonchev–Trinajstić information content (AvgIpc) is 2.47. The molecule has 0 bridgehead atoms. The van der Waals surface area contributed by atoms with Crippen molar-refractivity contribution >= 4 is 0 Å². The number of rotatable bonds is 6. The van der Waals surface area contributed by atoms with E-state index in [4.69, 9.17) is 0 Å². The number of hydrogen-bond acceptors (Lipinski definition) is 0. The standard InChI is InChI=1S/C19H30/c1-3-9-18-12-7-8-13-19(18)16(2)14-15-17-10-5-4-6-11-17/h7-8,12-13,16-17H,3-6,9-11,14-15H2,1-2H3. The van der Waals surface area contributed by atoms with Gasteiger partial charge < -0.3 is 0 Å². The van der Waals surface area contributed by atoms with E-state index in [1.54, 1.807) is 11.1 Å². The van der Waals surface area contributed by atoms with Gasteiger partial charge in [-0.2, -0.15) is 0 Å². The molecule has 0 N–H and O–H groups in total. The molecule has 0 heterocycles. The van der Waals surface area contributed by atoms with E-state index in [0.29, 0.717) is 0 Å². The van der Waals surface area contributed by atoms with Crippen LogP contribution < -0.4 is 0 Å². The molecule has 1 saturated carbocycles. The van der Waals surface area contributed by atoms with Gasteiger partial charge in [-0.3, -0.25) is 0 Å². The number of benzene rings is 1. The van der Waals surface area contributed by atoms with E-state index in [1.165, 1.54) is 57.8 Å². The Balaban J connectivity index is 1.89. The van der Waals surface area contributed by atoms with E-state index in [-0.39, 0.29) is 0 Å². The molecule has 0 spiro atoms. The molecule has 19 heavy (non-hydrogen) atoms. The molecule has 1 unspecified atom stereocenters. The highest BCUT2D eigenvalue weighted by Crippen LogP contribution is 2.32. The first-order valence-electron chi connectivity index (χ1n) is 8.39. The van der Waals surface area contributed by atoms with E-state index in [9.17, 15) is 0 Å². The Hall–Kier alpha value is -0.780. The van der Waals surface area contributed by atoms with Crippen LogP contribution in [0.25, 0.3) is 0 Å². The smallest absolute Gasteiger partial charge is 0.0188 e. The monoisotopic (exact) mass is 258 g/mol. The van der Waals surface area contributed by atoms with Gasteiger partial charge >= 0.3 is 0 Å². The minimum atomic E-state index is 0.740. The minimum Gasteiger partial charge on any atom is -0.0651 e. The zero-order valence-corrected chi connectivity index (χ0v) is 12.8. The Kier molecular flexibility index (Phi) is 5.94. The fourth-order valence-corrected chi connectivity index (χ4v) is 3.63. The summed E-state index contributed by atoms with van der Waals surface area (Å²) in [4.78, 5) is 0. The van der Waals surface area contributed by atoms with Gasteiger partial charge in [0.1, 0.15) is 0 Å². The molecule has 0 saturated heterocycles. The maximum absolute atomic E-state index is 2.43. The molecule has 0 radical (unpaired) electrons. The van der Waals surface area contributed by atoms with Crippen LogP contribution in [0, 0.1) is 5.92 Å². The number of hydrogen-bond donors (Lipinski definition) is 0. The van der Waals surface area contributed by atoms with Crippen LogP contribution in [0.3, 0.4) is 0 Å². The van der Waals surface area contributed by atoms with Crippen molar-refractivity contribution in [1.82, 2.24) is 0 Å². The highest BCUT2D eigenvalue weighted by Gasteiger charge is 2.16. The third-order valence-electron chi connectivity index (χ3n) is 4.84. The average molecular weight is 258 g/mol. The van der Waals surface area contributed by atoms with E-state index in [1.807, 2.05) is 0 Å². The van der Waals surface area contributed by atoms with E-state index in [0.717, 1.165) is 11.8 Å². The summed E-state index contributed by atoms with van der Waals surface area (Å²) in [5.41, 5.74) is 3.20. The molecule has 1 aromatic rings. The molecule has 1 aromatic carbocycles. The first-order chi connectivity index (χ1) is 9.31. The van der Waals surface area contributed by atoms with Crippen molar-refractivity contribution in [3.8, 4) is 0 Å². The SMILES string of the molecule is CCCc1ccccc1C(C)CCC1CCCCC1. The van der Waals surface area contributed by atoms with Gasteiger partial charge in [0.2, 0.25) is 0 Å². The second-order valence-electron chi connectivity index (χ2n) is 6.43. The third kappa shape index (κ3) is 4.37. The maximum atomic E-state index is 2.43. The predicted molar refractivity (Wildman–Crippen MR) is 84.7 cm³/mol. The van der Waals surface area contributed by atoms with Crippen LogP contribution in [-0.2, 0) is 6.42 Å². The Morgan fingerprint density at radius 1 is 1.11 bits per heavy atom. The topological polar surface area (TPSA) is 0 Å². The van der Waals surface area contributed by atoms with Crippen LogP contribution >= 0.6 is 0 Å². The third-order valence-corrected chi connectivity index (χ3v) is 4.84. The van der Waals surface area contributed by atoms with Crippen molar-refractivity contribution in [2.24, 2.45) is 5.92 Å². The summed E-state index contributed by atoms with van der Waals surface area (Å²) < 4.78 is 0. The molecule has 2 rings (SSSR count). The summed E-state index contributed by atoms with van der Waals surface area (Å²) in [6.45, 7) is 4.71. The zero-order chi connectivity index (χ0) is 13.5. The molecule has 106 valence electrons. The molecule has 0 aliphatic heterocycles. The Labute approximate surface area is 119 Å². The van der Waals surface area contributed by atoms with Crippen molar-refractivity contribution in [2.75, 3.05) is 0 Å². The summed E-state index contributed by atoms with van der Waals surface area (Å²) in [5.74, 6) is 1.76. The van der Waals surface area contributed by atoms with Gasteiger partial charge in [-0.15, -0.1) is 0 Å². The van der Waals surface area contributed by atoms with Crippen molar-refractivity contribution in [1.29, 1.82) is 0 Å². The van der Waals surface area contributed by atoms with Crippen LogP contribution in [0.15, 0.2) is 24.3 Å². The van der Waals surface area contributed by atoms with Crippen molar-refractivity contribution < 1.29 is 0 Å². The Bertz CT molecular complexity index is 360. The van der Waals surface area contributed by atoms with Gasteiger partial charge in [0.05, 0.1) is 0 Å². The highest BCUT2D eigenvalue weighted by atomic mass is 14.2. The molecular formula is C19H30. The lowest BCUT2D eigenvalue weighted by molar-refractivity contribution is 0.325. The van der Waals surface area contributed by atoms with Gasteiger partial charge in [0, 0.05) is 0 Å². The largest absolute Gasteiger partial charge is 0.0651 e. The minimum absolute atomic E-state index is 0.740. The summed E-state index contributed by atoms with van der Waals surface area (Å²) in [6.07, 6.45) is 12.7. The van der Waals surface area contributed by atoms with Crippen molar-refractivity contribution in [3.05, 3.63) is 35.4 Å².